The van der Waals surface area contributed by atoms with Crippen molar-refractivity contribution in [1.29, 1.82) is 0 Å². The van der Waals surface area contributed by atoms with Crippen LogP contribution in [-0.2, 0) is 0 Å². The number of halogens is 2. The first-order valence-electron chi connectivity index (χ1n) is 5.38. The fourth-order valence-corrected chi connectivity index (χ4v) is 1.85. The SMILES string of the molecule is Fc1cncc(-c2cc(Cl)nc(C3CC3)n2)c1. The molecule has 1 saturated carbocycles. The Hall–Kier alpha value is -1.55. The molecule has 0 aliphatic heterocycles. The van der Waals surface area contributed by atoms with Crippen molar-refractivity contribution in [2.24, 2.45) is 0 Å². The summed E-state index contributed by atoms with van der Waals surface area (Å²) in [7, 11) is 0. The molecule has 0 bridgehead atoms. The number of rotatable bonds is 2. The van der Waals surface area contributed by atoms with Crippen LogP contribution in [0.1, 0.15) is 24.6 Å². The van der Waals surface area contributed by atoms with Crippen LogP contribution in [0, 0.1) is 5.82 Å². The average molecular weight is 250 g/mol. The Kier molecular flexibility index (Phi) is 2.52. The molecule has 2 aromatic rings. The van der Waals surface area contributed by atoms with Gasteiger partial charge in [0, 0.05) is 23.7 Å². The molecule has 1 fully saturated rings. The maximum absolute atomic E-state index is 13.1. The molecule has 17 heavy (non-hydrogen) atoms. The molecule has 5 heteroatoms. The van der Waals surface area contributed by atoms with E-state index in [1.807, 2.05) is 0 Å². The van der Waals surface area contributed by atoms with Gasteiger partial charge >= 0.3 is 0 Å². The van der Waals surface area contributed by atoms with Gasteiger partial charge in [-0.1, -0.05) is 11.6 Å². The Labute approximate surface area is 103 Å². The molecule has 0 N–H and O–H groups in total. The molecule has 2 aromatic heterocycles. The largest absolute Gasteiger partial charge is 0.261 e. The van der Waals surface area contributed by atoms with Crippen LogP contribution in [0.5, 0.6) is 0 Å². The molecule has 0 amide bonds. The van der Waals surface area contributed by atoms with E-state index >= 15 is 0 Å². The van der Waals surface area contributed by atoms with E-state index in [2.05, 4.69) is 15.0 Å². The number of aromatic nitrogens is 3. The van der Waals surface area contributed by atoms with E-state index < -0.39 is 0 Å². The van der Waals surface area contributed by atoms with Gasteiger partial charge in [0.15, 0.2) is 0 Å². The van der Waals surface area contributed by atoms with E-state index in [4.69, 9.17) is 11.6 Å². The molecule has 86 valence electrons. The lowest BCUT2D eigenvalue weighted by Crippen LogP contribution is -1.96. The standard InChI is InChI=1S/C12H9ClFN3/c13-11-4-10(8-3-9(14)6-15-5-8)16-12(17-11)7-1-2-7/h3-7H,1-2H2. The molecule has 1 aliphatic carbocycles. The van der Waals surface area contributed by atoms with Gasteiger partial charge in [0.05, 0.1) is 11.9 Å². The van der Waals surface area contributed by atoms with E-state index in [1.54, 1.807) is 12.3 Å². The van der Waals surface area contributed by atoms with Gasteiger partial charge in [0.2, 0.25) is 0 Å². The van der Waals surface area contributed by atoms with Crippen LogP contribution in [0.2, 0.25) is 5.15 Å². The second-order valence-electron chi connectivity index (χ2n) is 4.10. The summed E-state index contributed by atoms with van der Waals surface area (Å²) in [6.45, 7) is 0. The number of hydrogen-bond acceptors (Lipinski definition) is 3. The van der Waals surface area contributed by atoms with E-state index in [9.17, 15) is 4.39 Å². The minimum absolute atomic E-state index is 0.384. The Bertz CT molecular complexity index is 569. The number of nitrogens with zero attached hydrogens (tertiary/aromatic N) is 3. The third kappa shape index (κ3) is 2.26. The lowest BCUT2D eigenvalue weighted by Gasteiger charge is -2.04. The van der Waals surface area contributed by atoms with Gasteiger partial charge in [-0.3, -0.25) is 4.98 Å². The molecule has 0 unspecified atom stereocenters. The molecule has 0 atom stereocenters. The topological polar surface area (TPSA) is 38.7 Å². The average Bonchev–Trinajstić information content (AvgIpc) is 3.12. The van der Waals surface area contributed by atoms with Crippen molar-refractivity contribution in [2.45, 2.75) is 18.8 Å². The predicted octanol–water partition coefficient (Wildman–Crippen LogP) is 3.21. The fourth-order valence-electron chi connectivity index (χ4n) is 1.66. The third-order valence-electron chi connectivity index (χ3n) is 2.66. The highest BCUT2D eigenvalue weighted by Crippen LogP contribution is 2.39. The Morgan fingerprint density at radius 2 is 2.00 bits per heavy atom. The van der Waals surface area contributed by atoms with Crippen LogP contribution < -0.4 is 0 Å². The van der Waals surface area contributed by atoms with Crippen molar-refractivity contribution < 1.29 is 4.39 Å². The summed E-state index contributed by atoms with van der Waals surface area (Å²) in [4.78, 5) is 12.4. The first kappa shape index (κ1) is 10.6. The zero-order valence-corrected chi connectivity index (χ0v) is 9.65. The van der Waals surface area contributed by atoms with Crippen molar-refractivity contribution in [1.82, 2.24) is 15.0 Å². The minimum atomic E-state index is -0.384. The van der Waals surface area contributed by atoms with Crippen molar-refractivity contribution in [3.05, 3.63) is 41.3 Å². The first-order chi connectivity index (χ1) is 8.22. The maximum Gasteiger partial charge on any atom is 0.142 e. The predicted molar refractivity (Wildman–Crippen MR) is 62.2 cm³/mol. The van der Waals surface area contributed by atoms with E-state index in [0.29, 0.717) is 22.3 Å². The lowest BCUT2D eigenvalue weighted by atomic mass is 10.2. The lowest BCUT2D eigenvalue weighted by molar-refractivity contribution is 0.622. The van der Waals surface area contributed by atoms with Crippen molar-refractivity contribution >= 4 is 11.6 Å². The molecule has 3 rings (SSSR count). The second kappa shape index (κ2) is 4.04. The van der Waals surface area contributed by atoms with Gasteiger partial charge in [-0.25, -0.2) is 14.4 Å². The zero-order chi connectivity index (χ0) is 11.8. The summed E-state index contributed by atoms with van der Waals surface area (Å²) in [5.74, 6) is 0.774. The van der Waals surface area contributed by atoms with Crippen LogP contribution in [0.4, 0.5) is 4.39 Å². The van der Waals surface area contributed by atoms with Crippen molar-refractivity contribution in [2.75, 3.05) is 0 Å². The van der Waals surface area contributed by atoms with Crippen LogP contribution in [0.15, 0.2) is 24.5 Å². The highest BCUT2D eigenvalue weighted by atomic mass is 35.5. The summed E-state index contributed by atoms with van der Waals surface area (Å²) in [6, 6.07) is 3.02. The molecular weight excluding hydrogens is 241 g/mol. The van der Waals surface area contributed by atoms with Gasteiger partial charge in [0.25, 0.3) is 0 Å². The monoisotopic (exact) mass is 249 g/mol. The molecule has 0 spiro atoms. The van der Waals surface area contributed by atoms with E-state index in [-0.39, 0.29) is 5.82 Å². The molecule has 3 nitrogen and oxygen atoms in total. The van der Waals surface area contributed by atoms with Gasteiger partial charge in [0.1, 0.15) is 16.8 Å². The molecule has 0 saturated heterocycles. The van der Waals surface area contributed by atoms with E-state index in [1.165, 1.54) is 6.07 Å². The summed E-state index contributed by atoms with van der Waals surface area (Å²) in [5, 5.41) is 0.390. The maximum atomic E-state index is 13.1. The fraction of sp³-hybridized carbons (Fsp3) is 0.250. The molecule has 1 aliphatic rings. The molecule has 2 heterocycles. The summed E-state index contributed by atoms with van der Waals surface area (Å²) < 4.78 is 13.1. The second-order valence-corrected chi connectivity index (χ2v) is 4.49. The van der Waals surface area contributed by atoms with Crippen LogP contribution >= 0.6 is 11.6 Å². The van der Waals surface area contributed by atoms with Gasteiger partial charge in [-0.2, -0.15) is 0 Å². The van der Waals surface area contributed by atoms with Crippen molar-refractivity contribution in [3.8, 4) is 11.3 Å². The van der Waals surface area contributed by atoms with Crippen molar-refractivity contribution in [3.63, 3.8) is 0 Å². The van der Waals surface area contributed by atoms with Gasteiger partial charge < -0.3 is 0 Å². The minimum Gasteiger partial charge on any atom is -0.261 e. The van der Waals surface area contributed by atoms with Gasteiger partial charge in [-0.15, -0.1) is 0 Å². The highest BCUT2D eigenvalue weighted by Gasteiger charge is 2.27. The summed E-state index contributed by atoms with van der Waals surface area (Å²) in [5.41, 5.74) is 1.25. The Balaban J connectivity index is 2.07. The third-order valence-corrected chi connectivity index (χ3v) is 2.85. The summed E-state index contributed by atoms with van der Waals surface area (Å²) in [6.07, 6.45) is 4.93. The highest BCUT2D eigenvalue weighted by molar-refractivity contribution is 6.29. The zero-order valence-electron chi connectivity index (χ0n) is 8.90. The normalized spacial score (nSPS) is 14.9. The van der Waals surface area contributed by atoms with Crippen LogP contribution in [0.25, 0.3) is 11.3 Å². The molecular formula is C12H9ClFN3. The number of pyridine rings is 1. The molecule has 0 aromatic carbocycles. The molecule has 0 radical (unpaired) electrons. The smallest absolute Gasteiger partial charge is 0.142 e. The van der Waals surface area contributed by atoms with Crippen LogP contribution in [-0.4, -0.2) is 15.0 Å². The Morgan fingerprint density at radius 1 is 1.18 bits per heavy atom. The quantitative estimate of drug-likeness (QED) is 0.767. The summed E-state index contributed by atoms with van der Waals surface area (Å²) >= 11 is 5.95. The van der Waals surface area contributed by atoms with Crippen LogP contribution in [0.3, 0.4) is 0 Å². The Morgan fingerprint density at radius 3 is 2.71 bits per heavy atom. The number of hydrogen-bond donors (Lipinski definition) is 0. The van der Waals surface area contributed by atoms with Gasteiger partial charge in [-0.05, 0) is 18.9 Å². The first-order valence-corrected chi connectivity index (χ1v) is 5.75. The van der Waals surface area contributed by atoms with E-state index in [0.717, 1.165) is 24.9 Å².